The molecule has 1 aliphatic heterocycles. The Morgan fingerprint density at radius 3 is 2.74 bits per heavy atom. The van der Waals surface area contributed by atoms with E-state index in [4.69, 9.17) is 0 Å². The van der Waals surface area contributed by atoms with Crippen LogP contribution in [0.2, 0.25) is 0 Å². The molecule has 2 aromatic heterocycles. The minimum atomic E-state index is -4.39. The lowest BCUT2D eigenvalue weighted by Crippen LogP contribution is -2.36. The van der Waals surface area contributed by atoms with E-state index < -0.39 is 11.9 Å². The van der Waals surface area contributed by atoms with Crippen LogP contribution in [0.5, 0.6) is 0 Å². The van der Waals surface area contributed by atoms with Crippen molar-refractivity contribution in [3.8, 4) is 0 Å². The molecule has 4 rings (SSSR count). The van der Waals surface area contributed by atoms with Crippen molar-refractivity contribution in [2.45, 2.75) is 43.8 Å². The third kappa shape index (κ3) is 3.06. The van der Waals surface area contributed by atoms with Gasteiger partial charge >= 0.3 is 6.18 Å². The molecule has 2 aliphatic rings. The van der Waals surface area contributed by atoms with E-state index in [0.29, 0.717) is 12.5 Å². The first kappa shape index (κ1) is 14.9. The summed E-state index contributed by atoms with van der Waals surface area (Å²) in [5, 5.41) is 4.58. The number of alkyl halides is 3. The molecule has 124 valence electrons. The van der Waals surface area contributed by atoms with Gasteiger partial charge in [0.25, 0.3) is 0 Å². The van der Waals surface area contributed by atoms with Crippen LogP contribution >= 0.6 is 11.5 Å². The summed E-state index contributed by atoms with van der Waals surface area (Å²) in [5.41, 5.74) is -0.832. The molecule has 0 spiro atoms. The Balaban J connectivity index is 1.48. The van der Waals surface area contributed by atoms with Crippen molar-refractivity contribution in [1.82, 2.24) is 19.1 Å². The predicted molar refractivity (Wildman–Crippen MR) is 79.6 cm³/mol. The Hall–Kier alpha value is -1.64. The predicted octanol–water partition coefficient (Wildman–Crippen LogP) is 3.47. The molecule has 0 bridgehead atoms. The van der Waals surface area contributed by atoms with Crippen molar-refractivity contribution in [2.75, 3.05) is 18.0 Å². The zero-order valence-electron chi connectivity index (χ0n) is 12.3. The highest BCUT2D eigenvalue weighted by Crippen LogP contribution is 2.40. The molecule has 0 radical (unpaired) electrons. The molecule has 1 aliphatic carbocycles. The zero-order valence-corrected chi connectivity index (χ0v) is 13.1. The zero-order chi connectivity index (χ0) is 16.0. The fraction of sp³-hybridized carbons (Fsp3) is 0.643. The summed E-state index contributed by atoms with van der Waals surface area (Å²) >= 11 is 1.39. The van der Waals surface area contributed by atoms with Crippen molar-refractivity contribution in [2.24, 2.45) is 0 Å². The van der Waals surface area contributed by atoms with Gasteiger partial charge in [-0.15, -0.1) is 0 Å². The van der Waals surface area contributed by atoms with Crippen molar-refractivity contribution < 1.29 is 13.2 Å². The lowest BCUT2D eigenvalue weighted by molar-refractivity contribution is -0.141. The first-order valence-corrected chi connectivity index (χ1v) is 8.49. The quantitative estimate of drug-likeness (QED) is 0.856. The molecule has 9 heteroatoms. The summed E-state index contributed by atoms with van der Waals surface area (Å²) in [6.45, 7) is 1.49. The van der Waals surface area contributed by atoms with Gasteiger partial charge < -0.3 is 4.90 Å². The molecule has 0 amide bonds. The standard InChI is InChI=1S/C14H16F3N5S/c15-14(16,17)11-5-7-22(19-11)10-2-1-6-21(8-10)13-18-12(20-23-13)9-3-4-9/h5,7,9-10H,1-4,6,8H2. The average molecular weight is 343 g/mol. The molecule has 3 heterocycles. The number of nitrogens with zero attached hydrogens (tertiary/aromatic N) is 5. The maximum atomic E-state index is 12.7. The fourth-order valence-electron chi connectivity index (χ4n) is 2.90. The van der Waals surface area contributed by atoms with Crippen LogP contribution in [0, 0.1) is 0 Å². The van der Waals surface area contributed by atoms with Gasteiger partial charge in [0.2, 0.25) is 5.13 Å². The Labute approximate surface area is 135 Å². The van der Waals surface area contributed by atoms with Crippen LogP contribution in [0.1, 0.15) is 49.2 Å². The van der Waals surface area contributed by atoms with E-state index in [1.165, 1.54) is 22.4 Å². The van der Waals surface area contributed by atoms with Crippen LogP contribution in [0.25, 0.3) is 0 Å². The maximum Gasteiger partial charge on any atom is 0.435 e. The third-order valence-electron chi connectivity index (χ3n) is 4.31. The molecule has 1 atom stereocenters. The largest absolute Gasteiger partial charge is 0.435 e. The molecule has 23 heavy (non-hydrogen) atoms. The second-order valence-electron chi connectivity index (χ2n) is 6.13. The monoisotopic (exact) mass is 343 g/mol. The highest BCUT2D eigenvalue weighted by molar-refractivity contribution is 7.09. The van der Waals surface area contributed by atoms with Crippen molar-refractivity contribution >= 4 is 16.7 Å². The van der Waals surface area contributed by atoms with Gasteiger partial charge in [-0.1, -0.05) is 0 Å². The van der Waals surface area contributed by atoms with E-state index in [0.717, 1.165) is 49.3 Å². The molecule has 1 saturated carbocycles. The fourth-order valence-corrected chi connectivity index (χ4v) is 3.68. The Morgan fingerprint density at radius 1 is 1.22 bits per heavy atom. The summed E-state index contributed by atoms with van der Waals surface area (Å²) in [6, 6.07) is 0.975. The Morgan fingerprint density at radius 2 is 2.04 bits per heavy atom. The van der Waals surface area contributed by atoms with Crippen LogP contribution < -0.4 is 4.90 Å². The molecule has 2 aromatic rings. The van der Waals surface area contributed by atoms with Crippen LogP contribution in [0.4, 0.5) is 18.3 Å². The Bertz CT molecular complexity index is 691. The number of aromatic nitrogens is 4. The van der Waals surface area contributed by atoms with Gasteiger partial charge in [-0.25, -0.2) is 4.98 Å². The van der Waals surface area contributed by atoms with Crippen LogP contribution in [-0.4, -0.2) is 32.2 Å². The SMILES string of the molecule is FC(F)(F)c1ccn(C2CCCN(c3nc(C4CC4)ns3)C2)n1. The molecule has 0 N–H and O–H groups in total. The van der Waals surface area contributed by atoms with Gasteiger partial charge in [-0.05, 0) is 31.7 Å². The highest BCUT2D eigenvalue weighted by atomic mass is 32.1. The molecule has 5 nitrogen and oxygen atoms in total. The second-order valence-corrected chi connectivity index (χ2v) is 6.86. The van der Waals surface area contributed by atoms with E-state index in [1.807, 2.05) is 0 Å². The van der Waals surface area contributed by atoms with E-state index in [9.17, 15) is 13.2 Å². The topological polar surface area (TPSA) is 46.8 Å². The number of rotatable bonds is 3. The van der Waals surface area contributed by atoms with Crippen molar-refractivity contribution in [3.05, 3.63) is 23.8 Å². The van der Waals surface area contributed by atoms with Gasteiger partial charge in [0.15, 0.2) is 5.69 Å². The summed E-state index contributed by atoms with van der Waals surface area (Å²) in [4.78, 5) is 6.71. The maximum absolute atomic E-state index is 12.7. The number of anilines is 1. The van der Waals surface area contributed by atoms with Crippen LogP contribution in [-0.2, 0) is 6.18 Å². The highest BCUT2D eigenvalue weighted by Gasteiger charge is 2.35. The number of hydrogen-bond acceptors (Lipinski definition) is 5. The normalized spacial score (nSPS) is 22.6. The lowest BCUT2D eigenvalue weighted by Gasteiger charge is -2.32. The minimum Gasteiger partial charge on any atom is -0.345 e. The van der Waals surface area contributed by atoms with Gasteiger partial charge in [0, 0.05) is 36.7 Å². The first-order valence-electron chi connectivity index (χ1n) is 7.71. The summed E-state index contributed by atoms with van der Waals surface area (Å²) in [5.74, 6) is 1.44. The summed E-state index contributed by atoms with van der Waals surface area (Å²) in [6.07, 6.45) is 1.08. The van der Waals surface area contributed by atoms with Crippen molar-refractivity contribution in [3.63, 3.8) is 0 Å². The molecular weight excluding hydrogens is 327 g/mol. The Kier molecular flexibility index (Phi) is 3.55. The van der Waals surface area contributed by atoms with E-state index in [-0.39, 0.29) is 6.04 Å². The van der Waals surface area contributed by atoms with E-state index in [2.05, 4.69) is 19.4 Å². The summed E-state index contributed by atoms with van der Waals surface area (Å²) in [7, 11) is 0. The smallest absolute Gasteiger partial charge is 0.345 e. The van der Waals surface area contributed by atoms with Gasteiger partial charge in [0.1, 0.15) is 5.82 Å². The molecular formula is C14H16F3N5S. The molecule has 0 aromatic carbocycles. The van der Waals surface area contributed by atoms with Crippen LogP contribution in [0.3, 0.4) is 0 Å². The van der Waals surface area contributed by atoms with Crippen molar-refractivity contribution in [1.29, 1.82) is 0 Å². The van der Waals surface area contributed by atoms with E-state index >= 15 is 0 Å². The average Bonchev–Trinajstić information content (AvgIpc) is 3.05. The molecule has 2 fully saturated rings. The van der Waals surface area contributed by atoms with Crippen LogP contribution in [0.15, 0.2) is 12.3 Å². The first-order chi connectivity index (χ1) is 11.0. The van der Waals surface area contributed by atoms with Gasteiger partial charge in [-0.2, -0.15) is 22.6 Å². The molecule has 1 saturated heterocycles. The van der Waals surface area contributed by atoms with E-state index in [1.54, 1.807) is 0 Å². The summed E-state index contributed by atoms with van der Waals surface area (Å²) < 4.78 is 43.9. The van der Waals surface area contributed by atoms with Gasteiger partial charge in [0.05, 0.1) is 6.04 Å². The molecule has 1 unspecified atom stereocenters. The second kappa shape index (κ2) is 5.47. The van der Waals surface area contributed by atoms with Gasteiger partial charge in [-0.3, -0.25) is 4.68 Å². The minimum absolute atomic E-state index is 0.0619. The lowest BCUT2D eigenvalue weighted by atomic mass is 10.1. The number of halogens is 3. The third-order valence-corrected chi connectivity index (χ3v) is 5.10. The number of hydrogen-bond donors (Lipinski definition) is 0. The number of piperidine rings is 1.